The Labute approximate surface area is 168 Å². The number of aromatic nitrogens is 4. The molecule has 148 valence electrons. The van der Waals surface area contributed by atoms with Gasteiger partial charge < -0.3 is 15.3 Å². The normalized spacial score (nSPS) is 16.8. The van der Waals surface area contributed by atoms with E-state index in [9.17, 15) is 9.59 Å². The fraction of sp³-hybridized carbons (Fsp3) is 0.438. The Balaban J connectivity index is 0.00000182. The number of hydrogen-bond acceptors (Lipinski definition) is 6. The van der Waals surface area contributed by atoms with E-state index in [1.54, 1.807) is 4.90 Å². The first kappa shape index (κ1) is 22.7. The number of para-hydroxylation sites is 1. The smallest absolute Gasteiger partial charge is 0.308 e. The molecule has 11 heteroatoms. The van der Waals surface area contributed by atoms with Crippen LogP contribution in [0.15, 0.2) is 30.3 Å². The van der Waals surface area contributed by atoms with Crippen molar-refractivity contribution in [3.63, 3.8) is 0 Å². The van der Waals surface area contributed by atoms with Crippen molar-refractivity contribution in [2.75, 3.05) is 18.4 Å². The van der Waals surface area contributed by atoms with Gasteiger partial charge in [-0.2, -0.15) is 4.68 Å². The van der Waals surface area contributed by atoms with Gasteiger partial charge in [-0.1, -0.05) is 30.2 Å². The minimum Gasteiger partial charge on any atom is -0.481 e. The molecule has 0 bridgehead atoms. The second-order valence-electron chi connectivity index (χ2n) is 5.96. The third kappa shape index (κ3) is 5.08. The number of rotatable bonds is 6. The summed E-state index contributed by atoms with van der Waals surface area (Å²) in [5, 5.41) is 23.8. The average Bonchev–Trinajstić information content (AvgIpc) is 3.29. The van der Waals surface area contributed by atoms with Crippen LogP contribution in [-0.2, 0) is 9.59 Å². The zero-order valence-corrected chi connectivity index (χ0v) is 16.3. The van der Waals surface area contributed by atoms with E-state index in [-0.39, 0.29) is 37.3 Å². The molecule has 2 heterocycles. The summed E-state index contributed by atoms with van der Waals surface area (Å²) in [6.45, 7) is 2.59. The summed E-state index contributed by atoms with van der Waals surface area (Å²) < 4.78 is 1.53. The molecule has 1 aromatic carbocycles. The lowest BCUT2D eigenvalue weighted by molar-refractivity contribution is -0.141. The van der Waals surface area contributed by atoms with Crippen molar-refractivity contribution in [2.45, 2.75) is 25.8 Å². The molecule has 1 aliphatic heterocycles. The first-order valence-corrected chi connectivity index (χ1v) is 8.22. The number of hydrogen-bond donors (Lipinski definition) is 2. The molecule has 9 nitrogen and oxygen atoms in total. The van der Waals surface area contributed by atoms with Crippen LogP contribution in [0.1, 0.15) is 19.8 Å². The predicted octanol–water partition coefficient (Wildman–Crippen LogP) is 1.63. The number of carbonyl (C=O) groups is 2. The lowest BCUT2D eigenvalue weighted by Crippen LogP contribution is -2.42. The molecular weight excluding hydrogens is 395 g/mol. The SMILES string of the molecule is CCC(Nc1nnnn1-c1ccccc1)C(=O)N1CCC(C(=O)O)C1.Cl.Cl. The van der Waals surface area contributed by atoms with Crippen molar-refractivity contribution in [2.24, 2.45) is 5.92 Å². The van der Waals surface area contributed by atoms with E-state index in [1.807, 2.05) is 37.3 Å². The summed E-state index contributed by atoms with van der Waals surface area (Å²) in [6, 6.07) is 8.86. The summed E-state index contributed by atoms with van der Waals surface area (Å²) >= 11 is 0. The highest BCUT2D eigenvalue weighted by Crippen LogP contribution is 2.19. The highest BCUT2D eigenvalue weighted by molar-refractivity contribution is 5.86. The molecule has 2 aromatic rings. The molecule has 2 unspecified atom stereocenters. The van der Waals surface area contributed by atoms with E-state index in [0.717, 1.165) is 5.69 Å². The second-order valence-corrected chi connectivity index (χ2v) is 5.96. The molecule has 2 N–H and O–H groups in total. The van der Waals surface area contributed by atoms with Crippen LogP contribution >= 0.6 is 24.8 Å². The summed E-state index contributed by atoms with van der Waals surface area (Å²) in [5.41, 5.74) is 0.782. The molecular formula is C16H22Cl2N6O3. The van der Waals surface area contributed by atoms with E-state index in [0.29, 0.717) is 25.3 Å². The van der Waals surface area contributed by atoms with Gasteiger partial charge in [-0.3, -0.25) is 9.59 Å². The zero-order valence-electron chi connectivity index (χ0n) is 14.7. The van der Waals surface area contributed by atoms with Crippen LogP contribution in [0.4, 0.5) is 5.95 Å². The van der Waals surface area contributed by atoms with Gasteiger partial charge in [0.15, 0.2) is 0 Å². The van der Waals surface area contributed by atoms with Gasteiger partial charge in [0, 0.05) is 13.1 Å². The quantitative estimate of drug-likeness (QED) is 0.735. The average molecular weight is 417 g/mol. The molecule has 1 aliphatic rings. The lowest BCUT2D eigenvalue weighted by Gasteiger charge is -2.23. The molecule has 1 fully saturated rings. The van der Waals surface area contributed by atoms with E-state index < -0.39 is 17.9 Å². The van der Waals surface area contributed by atoms with E-state index in [2.05, 4.69) is 20.8 Å². The topological polar surface area (TPSA) is 113 Å². The third-order valence-electron chi connectivity index (χ3n) is 4.33. The monoisotopic (exact) mass is 416 g/mol. The molecule has 0 aliphatic carbocycles. The van der Waals surface area contributed by atoms with Crippen molar-refractivity contribution in [1.29, 1.82) is 0 Å². The highest BCUT2D eigenvalue weighted by Gasteiger charge is 2.34. The molecule has 27 heavy (non-hydrogen) atoms. The molecule has 1 amide bonds. The maximum absolute atomic E-state index is 12.7. The zero-order chi connectivity index (χ0) is 17.8. The van der Waals surface area contributed by atoms with Crippen LogP contribution in [0.2, 0.25) is 0 Å². The number of benzene rings is 1. The number of nitrogens with one attached hydrogen (secondary N) is 1. The Bertz CT molecular complexity index is 758. The second kappa shape index (κ2) is 10.1. The van der Waals surface area contributed by atoms with E-state index in [1.165, 1.54) is 4.68 Å². The van der Waals surface area contributed by atoms with Gasteiger partial charge in [0.25, 0.3) is 0 Å². The number of nitrogens with zero attached hydrogens (tertiary/aromatic N) is 5. The number of anilines is 1. The van der Waals surface area contributed by atoms with Gasteiger partial charge in [0.05, 0.1) is 11.6 Å². The van der Waals surface area contributed by atoms with E-state index in [4.69, 9.17) is 5.11 Å². The number of aliphatic carboxylic acids is 1. The number of carbonyl (C=O) groups excluding carboxylic acids is 1. The molecule has 1 aromatic heterocycles. The minimum atomic E-state index is -0.857. The first-order chi connectivity index (χ1) is 12.1. The van der Waals surface area contributed by atoms with Crippen molar-refractivity contribution >= 4 is 42.6 Å². The number of likely N-dealkylation sites (tertiary alicyclic amines) is 1. The largest absolute Gasteiger partial charge is 0.481 e. The maximum atomic E-state index is 12.7. The maximum Gasteiger partial charge on any atom is 0.308 e. The molecule has 1 saturated heterocycles. The summed E-state index contributed by atoms with van der Waals surface area (Å²) in [6.07, 6.45) is 1.02. The van der Waals surface area contributed by atoms with Crippen molar-refractivity contribution in [3.05, 3.63) is 30.3 Å². The molecule has 2 atom stereocenters. The Kier molecular flexibility index (Phi) is 8.45. The van der Waals surface area contributed by atoms with E-state index >= 15 is 0 Å². The van der Waals surface area contributed by atoms with Crippen molar-refractivity contribution in [3.8, 4) is 5.69 Å². The van der Waals surface area contributed by atoms with Crippen LogP contribution in [0.5, 0.6) is 0 Å². The van der Waals surface area contributed by atoms with Crippen molar-refractivity contribution in [1.82, 2.24) is 25.1 Å². The first-order valence-electron chi connectivity index (χ1n) is 8.22. The number of tetrazole rings is 1. The van der Waals surface area contributed by atoms with Crippen LogP contribution in [0, 0.1) is 5.92 Å². The Hall–Kier alpha value is -2.39. The van der Waals surface area contributed by atoms with Gasteiger partial charge in [-0.05, 0) is 35.4 Å². The predicted molar refractivity (Wildman–Crippen MR) is 104 cm³/mol. The Morgan fingerprint density at radius 2 is 2.00 bits per heavy atom. The number of halogens is 2. The summed E-state index contributed by atoms with van der Waals surface area (Å²) in [7, 11) is 0. The standard InChI is InChI=1S/C16H20N6O3.2ClH/c1-2-13(14(23)21-9-8-11(10-21)15(24)25)17-16-18-19-20-22(16)12-6-4-3-5-7-12;;/h3-7,11,13H,2,8-10H2,1H3,(H,24,25)(H,17,18,20);2*1H. The van der Waals surface area contributed by atoms with Gasteiger partial charge >= 0.3 is 5.97 Å². The van der Waals surface area contributed by atoms with Crippen LogP contribution < -0.4 is 5.32 Å². The van der Waals surface area contributed by atoms with Gasteiger partial charge in [0.1, 0.15) is 6.04 Å². The van der Waals surface area contributed by atoms with Gasteiger partial charge in [0.2, 0.25) is 11.9 Å². The van der Waals surface area contributed by atoms with Crippen molar-refractivity contribution < 1.29 is 14.7 Å². The molecule has 3 rings (SSSR count). The van der Waals surface area contributed by atoms with Gasteiger partial charge in [-0.15, -0.1) is 24.8 Å². The summed E-state index contributed by atoms with van der Waals surface area (Å²) in [4.78, 5) is 25.4. The van der Waals surface area contributed by atoms with Crippen LogP contribution in [0.3, 0.4) is 0 Å². The number of amides is 1. The third-order valence-corrected chi connectivity index (χ3v) is 4.33. The van der Waals surface area contributed by atoms with Crippen LogP contribution in [-0.4, -0.2) is 61.2 Å². The Morgan fingerprint density at radius 1 is 1.30 bits per heavy atom. The minimum absolute atomic E-state index is 0. The Morgan fingerprint density at radius 3 is 2.59 bits per heavy atom. The highest BCUT2D eigenvalue weighted by atomic mass is 35.5. The fourth-order valence-corrected chi connectivity index (χ4v) is 2.90. The summed E-state index contributed by atoms with van der Waals surface area (Å²) in [5.74, 6) is -1.10. The van der Waals surface area contributed by atoms with Crippen LogP contribution in [0.25, 0.3) is 5.69 Å². The fourth-order valence-electron chi connectivity index (χ4n) is 2.90. The van der Waals surface area contributed by atoms with Gasteiger partial charge in [-0.25, -0.2) is 0 Å². The number of carboxylic acid groups (broad SMARTS) is 1. The molecule has 0 saturated carbocycles. The number of carboxylic acids is 1. The molecule has 0 spiro atoms. The lowest BCUT2D eigenvalue weighted by atomic mass is 10.1. The molecule has 0 radical (unpaired) electrons.